The van der Waals surface area contributed by atoms with Crippen LogP contribution in [-0.4, -0.2) is 57.8 Å². The van der Waals surface area contributed by atoms with Crippen molar-refractivity contribution in [1.29, 1.82) is 5.41 Å². The lowest BCUT2D eigenvalue weighted by Gasteiger charge is -2.23. The third-order valence-electron chi connectivity index (χ3n) is 2.30. The van der Waals surface area contributed by atoms with Gasteiger partial charge in [-0.3, -0.25) is 5.41 Å². The Hall–Kier alpha value is -0.670. The normalized spacial score (nSPS) is 13.1. The van der Waals surface area contributed by atoms with Gasteiger partial charge in [0.25, 0.3) is 0 Å². The molecule has 9 heteroatoms. The van der Waals surface area contributed by atoms with Crippen molar-refractivity contribution in [2.45, 2.75) is 20.3 Å². The van der Waals surface area contributed by atoms with Crippen LogP contribution in [0.5, 0.6) is 0 Å². The second-order valence-electron chi connectivity index (χ2n) is 4.97. The van der Waals surface area contributed by atoms with Gasteiger partial charge in [-0.25, -0.2) is 21.1 Å². The van der Waals surface area contributed by atoms with Gasteiger partial charge in [-0.1, -0.05) is 13.8 Å². The van der Waals surface area contributed by atoms with Crippen molar-refractivity contribution >= 4 is 25.7 Å². The lowest BCUT2D eigenvalue weighted by atomic mass is 10.2. The van der Waals surface area contributed by atoms with Crippen LogP contribution in [0.3, 0.4) is 0 Å². The molecule has 0 unspecified atom stereocenters. The largest absolute Gasteiger partial charge is 0.388 e. The molecule has 0 radical (unpaired) electrons. The van der Waals surface area contributed by atoms with Gasteiger partial charge in [0.1, 0.15) is 9.84 Å². The molecule has 0 spiro atoms. The van der Waals surface area contributed by atoms with E-state index in [1.807, 2.05) is 13.8 Å². The van der Waals surface area contributed by atoms with Crippen LogP contribution in [0.25, 0.3) is 0 Å². The lowest BCUT2D eigenvalue weighted by Crippen LogP contribution is -2.39. The molecule has 0 amide bonds. The minimum Gasteiger partial charge on any atom is -0.388 e. The summed E-state index contributed by atoms with van der Waals surface area (Å²) in [6.45, 7) is 4.14. The topological polar surface area (TPSA) is 121 Å². The van der Waals surface area contributed by atoms with E-state index in [2.05, 4.69) is 0 Å². The van der Waals surface area contributed by atoms with Crippen molar-refractivity contribution in [3.8, 4) is 0 Å². The quantitative estimate of drug-likeness (QED) is 0.445. The third-order valence-corrected chi connectivity index (χ3v) is 5.35. The molecule has 0 aromatic heterocycles. The highest BCUT2D eigenvalue weighted by Crippen LogP contribution is 2.08. The van der Waals surface area contributed by atoms with Gasteiger partial charge < -0.3 is 5.73 Å². The first-order valence-corrected chi connectivity index (χ1v) is 9.59. The van der Waals surface area contributed by atoms with Crippen molar-refractivity contribution in [3.05, 3.63) is 0 Å². The molecule has 0 atom stereocenters. The Balaban J connectivity index is 4.85. The fourth-order valence-electron chi connectivity index (χ4n) is 1.38. The van der Waals surface area contributed by atoms with E-state index in [0.29, 0.717) is 6.54 Å². The standard InChI is InChI=1S/C10H23N3O4S2/c1-9(2)8-13(5-4-10(11)12)19(16,17)7-6-18(3,14)15/h9H,4-8H2,1-3H3,(H3,11,12). The molecule has 0 aliphatic carbocycles. The molecule has 0 aliphatic rings. The van der Waals surface area contributed by atoms with Crippen LogP contribution in [-0.2, 0) is 19.9 Å². The zero-order chi connectivity index (χ0) is 15.3. The summed E-state index contributed by atoms with van der Waals surface area (Å²) >= 11 is 0. The molecule has 0 aromatic rings. The van der Waals surface area contributed by atoms with Crippen molar-refractivity contribution < 1.29 is 16.8 Å². The Labute approximate surface area is 115 Å². The maximum absolute atomic E-state index is 12.1. The number of nitrogens with zero attached hydrogens (tertiary/aromatic N) is 1. The number of rotatable bonds is 9. The molecular weight excluding hydrogens is 290 g/mol. The number of hydrogen-bond donors (Lipinski definition) is 2. The van der Waals surface area contributed by atoms with Gasteiger partial charge in [-0.05, 0) is 5.92 Å². The number of nitrogens with one attached hydrogen (secondary N) is 1. The summed E-state index contributed by atoms with van der Waals surface area (Å²) in [6.07, 6.45) is 1.15. The van der Waals surface area contributed by atoms with Crippen LogP contribution in [0.4, 0.5) is 0 Å². The van der Waals surface area contributed by atoms with E-state index in [0.717, 1.165) is 6.26 Å². The molecule has 0 fully saturated rings. The predicted molar refractivity (Wildman–Crippen MR) is 76.4 cm³/mol. The predicted octanol–water partition coefficient (Wildman–Crippen LogP) is -0.355. The molecule has 0 bridgehead atoms. The Morgan fingerprint density at radius 3 is 2.11 bits per heavy atom. The van der Waals surface area contributed by atoms with Crippen molar-refractivity contribution in [2.75, 3.05) is 30.9 Å². The molecule has 19 heavy (non-hydrogen) atoms. The summed E-state index contributed by atoms with van der Waals surface area (Å²) in [5, 5.41) is 7.14. The Morgan fingerprint density at radius 2 is 1.74 bits per heavy atom. The molecule has 7 nitrogen and oxygen atoms in total. The fraction of sp³-hybridized carbons (Fsp3) is 0.900. The number of amidine groups is 1. The summed E-state index contributed by atoms with van der Waals surface area (Å²) in [4.78, 5) is 0. The van der Waals surface area contributed by atoms with E-state index in [4.69, 9.17) is 11.1 Å². The molecule has 3 N–H and O–H groups in total. The maximum atomic E-state index is 12.1. The first-order chi connectivity index (χ1) is 8.44. The highest BCUT2D eigenvalue weighted by molar-refractivity contribution is 7.93. The first-order valence-electron chi connectivity index (χ1n) is 5.92. The summed E-state index contributed by atoms with van der Waals surface area (Å²) < 4.78 is 47.5. The monoisotopic (exact) mass is 313 g/mol. The molecule has 0 heterocycles. The van der Waals surface area contributed by atoms with E-state index in [9.17, 15) is 16.8 Å². The minimum atomic E-state index is -3.64. The zero-order valence-electron chi connectivity index (χ0n) is 11.6. The smallest absolute Gasteiger partial charge is 0.215 e. The number of sulfonamides is 1. The van der Waals surface area contributed by atoms with E-state index < -0.39 is 31.4 Å². The Morgan fingerprint density at radius 1 is 1.21 bits per heavy atom. The number of nitrogens with two attached hydrogens (primary N) is 1. The maximum Gasteiger partial charge on any atom is 0.215 e. The highest BCUT2D eigenvalue weighted by Gasteiger charge is 2.24. The van der Waals surface area contributed by atoms with E-state index in [1.54, 1.807) is 0 Å². The van der Waals surface area contributed by atoms with E-state index in [-0.39, 0.29) is 24.7 Å². The summed E-state index contributed by atoms with van der Waals surface area (Å²) in [6, 6.07) is 0. The van der Waals surface area contributed by atoms with Crippen LogP contribution in [0.2, 0.25) is 0 Å². The summed E-state index contributed by atoms with van der Waals surface area (Å²) in [5.74, 6) is -0.812. The van der Waals surface area contributed by atoms with Crippen molar-refractivity contribution in [2.24, 2.45) is 11.7 Å². The van der Waals surface area contributed by atoms with Crippen molar-refractivity contribution in [1.82, 2.24) is 4.31 Å². The average molecular weight is 313 g/mol. The van der Waals surface area contributed by atoms with Crippen LogP contribution < -0.4 is 5.73 Å². The van der Waals surface area contributed by atoms with Gasteiger partial charge in [0.15, 0.2) is 0 Å². The third kappa shape index (κ3) is 8.95. The second-order valence-corrected chi connectivity index (χ2v) is 9.32. The first kappa shape index (κ1) is 18.3. The van der Waals surface area contributed by atoms with Gasteiger partial charge in [0.05, 0.1) is 17.3 Å². The van der Waals surface area contributed by atoms with Gasteiger partial charge in [-0.2, -0.15) is 0 Å². The van der Waals surface area contributed by atoms with Crippen LogP contribution in [0.15, 0.2) is 0 Å². The second kappa shape index (κ2) is 7.20. The minimum absolute atomic E-state index is 0.0907. The SMILES string of the molecule is CC(C)CN(CCC(=N)N)S(=O)(=O)CCS(C)(=O)=O. The molecule has 0 aromatic carbocycles. The molecule has 0 saturated carbocycles. The van der Waals surface area contributed by atoms with Gasteiger partial charge in [0, 0.05) is 25.8 Å². The highest BCUT2D eigenvalue weighted by atomic mass is 32.2. The summed E-state index contributed by atoms with van der Waals surface area (Å²) in [7, 11) is -6.97. The Kier molecular flexibility index (Phi) is 6.95. The molecule has 0 aliphatic heterocycles. The van der Waals surface area contributed by atoms with Crippen LogP contribution in [0, 0.1) is 11.3 Å². The fourth-order valence-corrected chi connectivity index (χ4v) is 4.59. The van der Waals surface area contributed by atoms with E-state index >= 15 is 0 Å². The summed E-state index contributed by atoms with van der Waals surface area (Å²) in [5.41, 5.74) is 5.22. The molecule has 0 saturated heterocycles. The van der Waals surface area contributed by atoms with Crippen LogP contribution in [0.1, 0.15) is 20.3 Å². The zero-order valence-corrected chi connectivity index (χ0v) is 13.2. The molecule has 114 valence electrons. The number of hydrogen-bond acceptors (Lipinski definition) is 5. The van der Waals surface area contributed by atoms with Gasteiger partial charge >= 0.3 is 0 Å². The van der Waals surface area contributed by atoms with E-state index in [1.165, 1.54) is 4.31 Å². The average Bonchev–Trinajstić information content (AvgIpc) is 2.19. The lowest BCUT2D eigenvalue weighted by molar-refractivity contribution is 0.374. The molecule has 0 rings (SSSR count). The Bertz CT molecular complexity index is 497. The van der Waals surface area contributed by atoms with Crippen LogP contribution >= 0.6 is 0 Å². The molecular formula is C10H23N3O4S2. The van der Waals surface area contributed by atoms with Crippen molar-refractivity contribution in [3.63, 3.8) is 0 Å². The van der Waals surface area contributed by atoms with Gasteiger partial charge in [-0.15, -0.1) is 0 Å². The number of sulfone groups is 1. The van der Waals surface area contributed by atoms with Gasteiger partial charge in [0.2, 0.25) is 10.0 Å².